The van der Waals surface area contributed by atoms with E-state index in [9.17, 15) is 9.59 Å². The lowest BCUT2D eigenvalue weighted by Gasteiger charge is -2.27. The molecule has 100 valence electrons. The van der Waals surface area contributed by atoms with Crippen molar-refractivity contribution in [2.45, 2.75) is 12.8 Å². The summed E-state index contributed by atoms with van der Waals surface area (Å²) in [5, 5.41) is 14.6. The molecule has 0 aromatic heterocycles. The first kappa shape index (κ1) is 16.0. The van der Waals surface area contributed by atoms with Crippen molar-refractivity contribution in [2.75, 3.05) is 33.2 Å². The van der Waals surface area contributed by atoms with Crippen molar-refractivity contribution in [3.63, 3.8) is 0 Å². The van der Waals surface area contributed by atoms with E-state index in [1.807, 2.05) is 0 Å². The number of hydrogen-bond acceptors (Lipinski definition) is 3. The standard InChI is InChI=1S/C10H19N3O3.ClH/c1-11-9(14)7-13(10(15)16)6-8-2-4-12-5-3-8;/h8,12H,2-7H2,1H3,(H,11,14)(H,15,16);1H. The maximum atomic E-state index is 11.1. The van der Waals surface area contributed by atoms with Gasteiger partial charge in [-0.1, -0.05) is 0 Å². The second-order valence-electron chi connectivity index (χ2n) is 4.03. The highest BCUT2D eigenvalue weighted by molar-refractivity contribution is 5.85. The first-order valence-electron chi connectivity index (χ1n) is 5.52. The minimum atomic E-state index is -1.03. The van der Waals surface area contributed by atoms with E-state index in [-0.39, 0.29) is 24.9 Å². The third-order valence-electron chi connectivity index (χ3n) is 2.82. The normalized spacial score (nSPS) is 15.8. The average molecular weight is 266 g/mol. The van der Waals surface area contributed by atoms with Gasteiger partial charge in [0.1, 0.15) is 6.54 Å². The zero-order valence-electron chi connectivity index (χ0n) is 9.94. The van der Waals surface area contributed by atoms with Crippen LogP contribution in [0.3, 0.4) is 0 Å². The van der Waals surface area contributed by atoms with Gasteiger partial charge in [-0.05, 0) is 31.8 Å². The van der Waals surface area contributed by atoms with Crippen molar-refractivity contribution in [1.29, 1.82) is 0 Å². The minimum Gasteiger partial charge on any atom is -0.465 e. The van der Waals surface area contributed by atoms with E-state index in [2.05, 4.69) is 10.6 Å². The smallest absolute Gasteiger partial charge is 0.407 e. The van der Waals surface area contributed by atoms with Gasteiger partial charge < -0.3 is 15.7 Å². The van der Waals surface area contributed by atoms with Gasteiger partial charge in [0.15, 0.2) is 0 Å². The highest BCUT2D eigenvalue weighted by Crippen LogP contribution is 2.13. The summed E-state index contributed by atoms with van der Waals surface area (Å²) in [6, 6.07) is 0. The first-order chi connectivity index (χ1) is 7.63. The van der Waals surface area contributed by atoms with Crippen LogP contribution in [0, 0.1) is 5.92 Å². The molecule has 0 aliphatic carbocycles. The van der Waals surface area contributed by atoms with Crippen molar-refractivity contribution in [3.05, 3.63) is 0 Å². The summed E-state index contributed by atoms with van der Waals surface area (Å²) in [6.07, 6.45) is 0.914. The maximum absolute atomic E-state index is 11.1. The molecule has 1 rings (SSSR count). The van der Waals surface area contributed by atoms with E-state index in [4.69, 9.17) is 5.11 Å². The molecular weight excluding hydrogens is 246 g/mol. The Hall–Kier alpha value is -1.01. The molecule has 1 heterocycles. The van der Waals surface area contributed by atoms with Gasteiger partial charge in [-0.15, -0.1) is 12.4 Å². The van der Waals surface area contributed by atoms with Crippen LogP contribution < -0.4 is 10.6 Å². The Labute approximate surface area is 107 Å². The number of rotatable bonds is 4. The number of likely N-dealkylation sites (N-methyl/N-ethyl adjacent to an activating group) is 1. The molecule has 6 nitrogen and oxygen atoms in total. The number of carbonyl (C=O) groups is 2. The molecule has 0 bridgehead atoms. The lowest BCUT2D eigenvalue weighted by molar-refractivity contribution is -0.121. The van der Waals surface area contributed by atoms with Gasteiger partial charge in [-0.25, -0.2) is 4.79 Å². The Balaban J connectivity index is 0.00000256. The van der Waals surface area contributed by atoms with E-state index in [0.717, 1.165) is 25.9 Å². The van der Waals surface area contributed by atoms with Crippen molar-refractivity contribution < 1.29 is 14.7 Å². The summed E-state index contributed by atoms with van der Waals surface area (Å²) in [5.74, 6) is 0.0957. The van der Waals surface area contributed by atoms with E-state index in [0.29, 0.717) is 12.5 Å². The van der Waals surface area contributed by atoms with Crippen molar-refractivity contribution in [1.82, 2.24) is 15.5 Å². The highest BCUT2D eigenvalue weighted by Gasteiger charge is 2.21. The molecule has 3 N–H and O–H groups in total. The number of carbonyl (C=O) groups excluding carboxylic acids is 1. The van der Waals surface area contributed by atoms with Crippen LogP contribution >= 0.6 is 12.4 Å². The number of nitrogens with zero attached hydrogens (tertiary/aromatic N) is 1. The fourth-order valence-electron chi connectivity index (χ4n) is 1.84. The molecule has 0 aromatic carbocycles. The van der Waals surface area contributed by atoms with Crippen molar-refractivity contribution >= 4 is 24.4 Å². The number of hydrogen-bond donors (Lipinski definition) is 3. The van der Waals surface area contributed by atoms with Gasteiger partial charge >= 0.3 is 6.09 Å². The monoisotopic (exact) mass is 265 g/mol. The minimum absolute atomic E-state index is 0. The van der Waals surface area contributed by atoms with E-state index >= 15 is 0 Å². The second-order valence-corrected chi connectivity index (χ2v) is 4.03. The molecule has 1 aliphatic heterocycles. The predicted molar refractivity (Wildman–Crippen MR) is 66.5 cm³/mol. The molecule has 0 spiro atoms. The zero-order chi connectivity index (χ0) is 12.0. The van der Waals surface area contributed by atoms with E-state index in [1.165, 1.54) is 11.9 Å². The summed E-state index contributed by atoms with van der Waals surface area (Å²) < 4.78 is 0. The number of halogens is 1. The zero-order valence-corrected chi connectivity index (χ0v) is 10.8. The molecule has 0 radical (unpaired) electrons. The Morgan fingerprint density at radius 3 is 2.47 bits per heavy atom. The van der Waals surface area contributed by atoms with Crippen LogP contribution in [0.25, 0.3) is 0 Å². The van der Waals surface area contributed by atoms with Crippen LogP contribution in [0.15, 0.2) is 0 Å². The lowest BCUT2D eigenvalue weighted by Crippen LogP contribution is -2.43. The molecule has 7 heteroatoms. The summed E-state index contributed by atoms with van der Waals surface area (Å²) in [4.78, 5) is 23.3. The number of nitrogens with one attached hydrogen (secondary N) is 2. The molecule has 1 saturated heterocycles. The third-order valence-corrected chi connectivity index (χ3v) is 2.82. The van der Waals surface area contributed by atoms with E-state index in [1.54, 1.807) is 0 Å². The van der Waals surface area contributed by atoms with Crippen LogP contribution in [-0.2, 0) is 4.79 Å². The summed E-state index contributed by atoms with van der Waals surface area (Å²) in [5.41, 5.74) is 0. The number of carboxylic acid groups (broad SMARTS) is 1. The lowest BCUT2D eigenvalue weighted by atomic mass is 9.98. The molecule has 1 fully saturated rings. The quantitative estimate of drug-likeness (QED) is 0.675. The molecule has 0 unspecified atom stereocenters. The molecule has 0 aromatic rings. The Kier molecular flexibility index (Phi) is 7.65. The molecule has 0 atom stereocenters. The van der Waals surface area contributed by atoms with Crippen molar-refractivity contribution in [3.8, 4) is 0 Å². The molecular formula is C10H20ClN3O3. The van der Waals surface area contributed by atoms with Crippen LogP contribution in [0.4, 0.5) is 4.79 Å². The van der Waals surface area contributed by atoms with Gasteiger partial charge in [0.2, 0.25) is 5.91 Å². The Bertz CT molecular complexity index is 257. The van der Waals surface area contributed by atoms with Crippen LogP contribution in [0.2, 0.25) is 0 Å². The predicted octanol–water partition coefficient (Wildman–Crippen LogP) is 0.134. The molecule has 0 saturated carbocycles. The van der Waals surface area contributed by atoms with Gasteiger partial charge in [-0.2, -0.15) is 0 Å². The molecule has 1 aliphatic rings. The van der Waals surface area contributed by atoms with Gasteiger partial charge in [0, 0.05) is 13.6 Å². The van der Waals surface area contributed by atoms with E-state index < -0.39 is 6.09 Å². The maximum Gasteiger partial charge on any atom is 0.407 e. The first-order valence-corrected chi connectivity index (χ1v) is 5.52. The van der Waals surface area contributed by atoms with Gasteiger partial charge in [-0.3, -0.25) is 9.69 Å². The second kappa shape index (κ2) is 8.14. The number of amides is 2. The van der Waals surface area contributed by atoms with Crippen molar-refractivity contribution in [2.24, 2.45) is 5.92 Å². The number of piperidine rings is 1. The highest BCUT2D eigenvalue weighted by atomic mass is 35.5. The summed E-state index contributed by atoms with van der Waals surface area (Å²) in [7, 11) is 1.51. The Morgan fingerprint density at radius 1 is 1.41 bits per heavy atom. The topological polar surface area (TPSA) is 81.7 Å². The van der Waals surface area contributed by atoms with Crippen LogP contribution in [0.5, 0.6) is 0 Å². The summed E-state index contributed by atoms with van der Waals surface area (Å²) in [6.45, 7) is 2.23. The fraction of sp³-hybridized carbons (Fsp3) is 0.800. The molecule has 17 heavy (non-hydrogen) atoms. The molecule has 2 amide bonds. The Morgan fingerprint density at radius 2 is 2.00 bits per heavy atom. The largest absolute Gasteiger partial charge is 0.465 e. The average Bonchev–Trinajstić information content (AvgIpc) is 2.29. The third kappa shape index (κ3) is 5.74. The fourth-order valence-corrected chi connectivity index (χ4v) is 1.84. The van der Waals surface area contributed by atoms with Crippen LogP contribution in [-0.4, -0.2) is 55.2 Å². The SMILES string of the molecule is CNC(=O)CN(CC1CCNCC1)C(=O)O.Cl. The van der Waals surface area contributed by atoms with Gasteiger partial charge in [0.05, 0.1) is 0 Å². The summed E-state index contributed by atoms with van der Waals surface area (Å²) >= 11 is 0. The van der Waals surface area contributed by atoms with Crippen LogP contribution in [0.1, 0.15) is 12.8 Å². The van der Waals surface area contributed by atoms with Gasteiger partial charge in [0.25, 0.3) is 0 Å².